The maximum Gasteiger partial charge on any atom is 0.169 e. The molecule has 0 aliphatic carbocycles. The van der Waals surface area contributed by atoms with Crippen molar-refractivity contribution >= 4 is 28.9 Å². The summed E-state index contributed by atoms with van der Waals surface area (Å²) in [6, 6.07) is 2.18. The predicted octanol–water partition coefficient (Wildman–Crippen LogP) is 3.35. The zero-order chi connectivity index (χ0) is 11.0. The molecule has 3 rings (SSSR count). The topological polar surface area (TPSA) is 26.3 Å². The first-order valence-electron chi connectivity index (χ1n) is 5.69. The first-order valence-corrected chi connectivity index (χ1v) is 7.62. The molecule has 0 amide bonds. The first-order chi connectivity index (χ1) is 7.86. The number of Topliss-reactive ketones (excluding diaryl/α,β-unsaturated/α-hetero) is 1. The molecule has 0 N–H and O–H groups in total. The van der Waals surface area contributed by atoms with Crippen molar-refractivity contribution in [1.82, 2.24) is 0 Å². The number of thiophene rings is 1. The summed E-state index contributed by atoms with van der Waals surface area (Å²) >= 11 is 3.69. The number of thioether (sulfide) groups is 1. The van der Waals surface area contributed by atoms with E-state index in [2.05, 4.69) is 11.4 Å². The third-order valence-electron chi connectivity index (χ3n) is 3.17. The average Bonchev–Trinajstić information content (AvgIpc) is 2.95. The van der Waals surface area contributed by atoms with Gasteiger partial charge in [0.1, 0.15) is 0 Å². The van der Waals surface area contributed by atoms with Gasteiger partial charge in [0.25, 0.3) is 0 Å². The van der Waals surface area contributed by atoms with Crippen LogP contribution in [0, 0.1) is 0 Å². The van der Waals surface area contributed by atoms with E-state index in [-0.39, 0.29) is 11.9 Å². The molecule has 0 bridgehead atoms. The second-order valence-electron chi connectivity index (χ2n) is 4.21. The highest BCUT2D eigenvalue weighted by atomic mass is 32.2. The molecule has 4 heteroatoms. The normalized spacial score (nSPS) is 30.1. The van der Waals surface area contributed by atoms with Crippen LogP contribution >= 0.6 is 23.1 Å². The lowest BCUT2D eigenvalue weighted by Gasteiger charge is -2.13. The van der Waals surface area contributed by atoms with Crippen LogP contribution in [0.3, 0.4) is 0 Å². The number of rotatable bonds is 2. The fourth-order valence-electron chi connectivity index (χ4n) is 2.36. The van der Waals surface area contributed by atoms with Gasteiger partial charge in [-0.2, -0.15) is 11.8 Å². The molecule has 1 aromatic heterocycles. The summed E-state index contributed by atoms with van der Waals surface area (Å²) in [5, 5.41) is 2.69. The van der Waals surface area contributed by atoms with Crippen molar-refractivity contribution in [3.63, 3.8) is 0 Å². The molecule has 2 atom stereocenters. The van der Waals surface area contributed by atoms with Crippen molar-refractivity contribution < 1.29 is 9.53 Å². The minimum absolute atomic E-state index is 0.254. The van der Waals surface area contributed by atoms with Crippen LogP contribution in [0.1, 0.15) is 41.1 Å². The molecule has 16 heavy (non-hydrogen) atoms. The Bertz CT molecular complexity index is 393. The van der Waals surface area contributed by atoms with Gasteiger partial charge in [-0.1, -0.05) is 0 Å². The van der Waals surface area contributed by atoms with Gasteiger partial charge in [0.05, 0.1) is 6.61 Å². The van der Waals surface area contributed by atoms with E-state index in [1.165, 1.54) is 29.0 Å². The van der Waals surface area contributed by atoms with Crippen molar-refractivity contribution in [3.05, 3.63) is 21.9 Å². The van der Waals surface area contributed by atoms with Gasteiger partial charge in [-0.3, -0.25) is 4.79 Å². The summed E-state index contributed by atoms with van der Waals surface area (Å²) < 4.78 is 5.56. The van der Waals surface area contributed by atoms with E-state index in [0.29, 0.717) is 18.3 Å². The van der Waals surface area contributed by atoms with Crippen molar-refractivity contribution in [2.45, 2.75) is 30.6 Å². The molecule has 2 unspecified atom stereocenters. The maximum absolute atomic E-state index is 11.7. The van der Waals surface area contributed by atoms with Crippen molar-refractivity contribution in [1.29, 1.82) is 0 Å². The average molecular weight is 254 g/mol. The largest absolute Gasteiger partial charge is 0.364 e. The monoisotopic (exact) mass is 254 g/mol. The summed E-state index contributed by atoms with van der Waals surface area (Å²) in [6.45, 7) is 0.596. The van der Waals surface area contributed by atoms with Gasteiger partial charge in [-0.05, 0) is 35.6 Å². The summed E-state index contributed by atoms with van der Waals surface area (Å²) in [7, 11) is 0. The van der Waals surface area contributed by atoms with Crippen LogP contribution in [0.5, 0.6) is 0 Å². The minimum atomic E-state index is -0.254. The molecular weight excluding hydrogens is 240 g/mol. The SMILES string of the molecule is O=C1CCOC1c1sccc1C1CCCS1. The number of hydrogen-bond acceptors (Lipinski definition) is 4. The van der Waals surface area contributed by atoms with Gasteiger partial charge in [-0.25, -0.2) is 0 Å². The van der Waals surface area contributed by atoms with Crippen molar-refractivity contribution in [2.24, 2.45) is 0 Å². The van der Waals surface area contributed by atoms with Crippen LogP contribution < -0.4 is 0 Å². The number of ether oxygens (including phenoxy) is 1. The first kappa shape index (κ1) is 10.8. The van der Waals surface area contributed by atoms with Crippen LogP contribution in [0.2, 0.25) is 0 Å². The zero-order valence-corrected chi connectivity index (χ0v) is 10.6. The molecular formula is C12H14O2S2. The summed E-state index contributed by atoms with van der Waals surface area (Å²) in [5.74, 6) is 1.51. The lowest BCUT2D eigenvalue weighted by Crippen LogP contribution is -2.06. The lowest BCUT2D eigenvalue weighted by molar-refractivity contribution is -0.122. The van der Waals surface area contributed by atoms with Crippen LogP contribution in [0.25, 0.3) is 0 Å². The quantitative estimate of drug-likeness (QED) is 0.809. The number of hydrogen-bond donors (Lipinski definition) is 0. The Balaban J connectivity index is 1.89. The van der Waals surface area contributed by atoms with Crippen molar-refractivity contribution in [2.75, 3.05) is 12.4 Å². The minimum Gasteiger partial charge on any atom is -0.364 e. The molecule has 3 heterocycles. The molecule has 1 aromatic rings. The Morgan fingerprint density at radius 1 is 1.44 bits per heavy atom. The molecule has 2 aliphatic heterocycles. The van der Waals surface area contributed by atoms with Gasteiger partial charge in [0, 0.05) is 16.5 Å². The van der Waals surface area contributed by atoms with E-state index >= 15 is 0 Å². The predicted molar refractivity (Wildman–Crippen MR) is 67.1 cm³/mol. The Morgan fingerprint density at radius 3 is 3.06 bits per heavy atom. The van der Waals surface area contributed by atoms with Crippen LogP contribution in [-0.2, 0) is 9.53 Å². The Morgan fingerprint density at radius 2 is 2.38 bits per heavy atom. The third kappa shape index (κ3) is 1.83. The second kappa shape index (κ2) is 4.51. The molecule has 2 aliphatic rings. The summed E-state index contributed by atoms with van der Waals surface area (Å²) in [5.41, 5.74) is 1.35. The molecule has 0 saturated carbocycles. The van der Waals surface area contributed by atoms with E-state index in [1.807, 2.05) is 11.8 Å². The maximum atomic E-state index is 11.7. The van der Waals surface area contributed by atoms with E-state index in [0.717, 1.165) is 0 Å². The van der Waals surface area contributed by atoms with Crippen LogP contribution in [-0.4, -0.2) is 18.1 Å². The van der Waals surface area contributed by atoms with Gasteiger partial charge in [-0.15, -0.1) is 11.3 Å². The summed E-state index contributed by atoms with van der Waals surface area (Å²) in [6.07, 6.45) is 2.87. The number of carbonyl (C=O) groups is 1. The highest BCUT2D eigenvalue weighted by Gasteiger charge is 2.32. The Kier molecular flexibility index (Phi) is 3.05. The molecule has 0 aromatic carbocycles. The molecule has 2 nitrogen and oxygen atoms in total. The fraction of sp³-hybridized carbons (Fsp3) is 0.583. The molecule has 2 saturated heterocycles. The molecule has 0 spiro atoms. The van der Waals surface area contributed by atoms with E-state index in [1.54, 1.807) is 11.3 Å². The van der Waals surface area contributed by atoms with E-state index < -0.39 is 0 Å². The van der Waals surface area contributed by atoms with E-state index in [9.17, 15) is 4.79 Å². The second-order valence-corrected chi connectivity index (χ2v) is 6.47. The molecule has 0 radical (unpaired) electrons. The van der Waals surface area contributed by atoms with Gasteiger partial charge in [0.2, 0.25) is 0 Å². The van der Waals surface area contributed by atoms with Gasteiger partial charge >= 0.3 is 0 Å². The molecule has 2 fully saturated rings. The van der Waals surface area contributed by atoms with Crippen LogP contribution in [0.4, 0.5) is 0 Å². The zero-order valence-electron chi connectivity index (χ0n) is 8.98. The van der Waals surface area contributed by atoms with E-state index in [4.69, 9.17) is 4.74 Å². The standard InChI is InChI=1S/C12H14O2S2/c13-9-3-5-14-11(9)12-8(4-7-16-12)10-2-1-6-15-10/h4,7,10-11H,1-3,5-6H2. The highest BCUT2D eigenvalue weighted by Crippen LogP contribution is 2.45. The smallest absolute Gasteiger partial charge is 0.169 e. The van der Waals surface area contributed by atoms with Gasteiger partial charge < -0.3 is 4.74 Å². The lowest BCUT2D eigenvalue weighted by atomic mass is 10.0. The number of carbonyl (C=O) groups excluding carboxylic acids is 1. The third-order valence-corrected chi connectivity index (χ3v) is 5.56. The van der Waals surface area contributed by atoms with Crippen LogP contribution in [0.15, 0.2) is 11.4 Å². The van der Waals surface area contributed by atoms with Gasteiger partial charge in [0.15, 0.2) is 11.9 Å². The summed E-state index contributed by atoms with van der Waals surface area (Å²) in [4.78, 5) is 12.9. The Hall–Kier alpha value is -0.320. The molecule has 86 valence electrons. The fourth-order valence-corrected chi connectivity index (χ4v) is 4.80. The Labute approximate surface area is 103 Å². The van der Waals surface area contributed by atoms with Crippen molar-refractivity contribution in [3.8, 4) is 0 Å². The highest BCUT2D eigenvalue weighted by molar-refractivity contribution is 7.99. The number of ketones is 1.